The number of benzene rings is 2. The van der Waals surface area contributed by atoms with Gasteiger partial charge in [0.05, 0.1) is 6.10 Å². The molecule has 0 aliphatic heterocycles. The van der Waals surface area contributed by atoms with Crippen LogP contribution in [0.2, 0.25) is 0 Å². The Balaban J connectivity index is 1.59. The first kappa shape index (κ1) is 22.1. The molecule has 1 aliphatic rings. The fourth-order valence-electron chi connectivity index (χ4n) is 4.95. The van der Waals surface area contributed by atoms with Crippen molar-refractivity contribution in [1.82, 2.24) is 9.88 Å². The van der Waals surface area contributed by atoms with Gasteiger partial charge in [0.25, 0.3) is 0 Å². The third-order valence-electron chi connectivity index (χ3n) is 6.69. The fraction of sp³-hybridized carbons (Fsp3) is 0.481. The van der Waals surface area contributed by atoms with Gasteiger partial charge in [-0.05, 0) is 68.0 Å². The number of aliphatic hydroxyl groups excluding tert-OH is 1. The van der Waals surface area contributed by atoms with Crippen molar-refractivity contribution in [2.45, 2.75) is 64.0 Å². The molecule has 0 bridgehead atoms. The number of nitrogens with two attached hydrogens (primary N) is 1. The minimum atomic E-state index is -0.454. The van der Waals surface area contributed by atoms with Crippen LogP contribution in [0.3, 0.4) is 0 Å². The van der Waals surface area contributed by atoms with Crippen LogP contribution in [-0.2, 0) is 6.42 Å². The summed E-state index contributed by atoms with van der Waals surface area (Å²) in [6.45, 7) is 3.92. The molecular weight excluding hydrogens is 382 g/mol. The summed E-state index contributed by atoms with van der Waals surface area (Å²) in [7, 11) is 0. The predicted molar refractivity (Wildman–Crippen MR) is 130 cm³/mol. The van der Waals surface area contributed by atoms with E-state index in [-0.39, 0.29) is 0 Å². The molecular formula is C27H37N3O. The Kier molecular flexibility index (Phi) is 7.44. The summed E-state index contributed by atoms with van der Waals surface area (Å²) < 4.78 is 2.56. The lowest BCUT2D eigenvalue weighted by Gasteiger charge is -2.24. The Morgan fingerprint density at radius 1 is 1.10 bits per heavy atom. The lowest BCUT2D eigenvalue weighted by molar-refractivity contribution is 0.180. The van der Waals surface area contributed by atoms with Crippen LogP contribution >= 0.6 is 0 Å². The lowest BCUT2D eigenvalue weighted by Crippen LogP contribution is -2.33. The number of hydrogen-bond donors (Lipinski definition) is 3. The Labute approximate surface area is 186 Å². The molecule has 166 valence electrons. The molecule has 0 saturated heterocycles. The quantitative estimate of drug-likeness (QED) is 0.429. The molecule has 1 aliphatic carbocycles. The van der Waals surface area contributed by atoms with Crippen LogP contribution in [0.5, 0.6) is 0 Å². The van der Waals surface area contributed by atoms with Crippen LogP contribution in [-0.4, -0.2) is 35.4 Å². The van der Waals surface area contributed by atoms with Crippen LogP contribution in [0.25, 0.3) is 22.0 Å². The van der Waals surface area contributed by atoms with E-state index in [2.05, 4.69) is 65.5 Å². The largest absolute Gasteiger partial charge is 0.390 e. The second-order valence-electron chi connectivity index (χ2n) is 9.15. The standard InChI is InChI=1S/C27H37N3O/c1-20-7-5-8-21(15-20)22-12-13-27-26(16-22)23(9-6-14-29-18-25(31)17-28)19-30(27)24-10-3-2-4-11-24/h5,7-8,12-13,15-16,19,24-25,29,31H,2-4,6,9-11,14,17-18,28H2,1H3. The maximum absolute atomic E-state index is 9.63. The molecule has 4 N–H and O–H groups in total. The number of hydrogen-bond acceptors (Lipinski definition) is 3. The van der Waals surface area contributed by atoms with Gasteiger partial charge in [0.2, 0.25) is 0 Å². The molecule has 4 rings (SSSR count). The Morgan fingerprint density at radius 2 is 1.90 bits per heavy atom. The highest BCUT2D eigenvalue weighted by atomic mass is 16.3. The highest BCUT2D eigenvalue weighted by Crippen LogP contribution is 2.35. The summed E-state index contributed by atoms with van der Waals surface area (Å²) in [6, 6.07) is 16.4. The number of nitrogens with one attached hydrogen (secondary N) is 1. The molecule has 4 heteroatoms. The van der Waals surface area contributed by atoms with E-state index in [4.69, 9.17) is 5.73 Å². The molecule has 3 aromatic rings. The summed E-state index contributed by atoms with van der Waals surface area (Å²) in [5.74, 6) is 0. The molecule has 1 unspecified atom stereocenters. The highest BCUT2D eigenvalue weighted by molar-refractivity contribution is 5.89. The van der Waals surface area contributed by atoms with Gasteiger partial charge in [0, 0.05) is 36.2 Å². The van der Waals surface area contributed by atoms with Gasteiger partial charge in [-0.3, -0.25) is 0 Å². The second kappa shape index (κ2) is 10.4. The SMILES string of the molecule is Cc1cccc(-c2ccc3c(c2)c(CCCNCC(O)CN)cn3C2CCCCC2)c1. The maximum Gasteiger partial charge on any atom is 0.0786 e. The molecule has 0 amide bonds. The molecule has 2 aromatic carbocycles. The first-order chi connectivity index (χ1) is 15.2. The minimum Gasteiger partial charge on any atom is -0.390 e. The molecule has 0 spiro atoms. The number of nitrogens with zero attached hydrogens (tertiary/aromatic N) is 1. The first-order valence-corrected chi connectivity index (χ1v) is 11.9. The van der Waals surface area contributed by atoms with Crippen molar-refractivity contribution >= 4 is 10.9 Å². The Hall–Kier alpha value is -2.14. The van der Waals surface area contributed by atoms with Crippen molar-refractivity contribution in [3.05, 3.63) is 59.8 Å². The van der Waals surface area contributed by atoms with Crippen molar-refractivity contribution in [3.8, 4) is 11.1 Å². The van der Waals surface area contributed by atoms with Gasteiger partial charge in [-0.1, -0.05) is 55.2 Å². The normalized spacial score (nSPS) is 16.1. The second-order valence-corrected chi connectivity index (χ2v) is 9.15. The van der Waals surface area contributed by atoms with Crippen molar-refractivity contribution < 1.29 is 5.11 Å². The first-order valence-electron chi connectivity index (χ1n) is 11.9. The van der Waals surface area contributed by atoms with E-state index < -0.39 is 6.10 Å². The van der Waals surface area contributed by atoms with Gasteiger partial charge in [-0.15, -0.1) is 0 Å². The smallest absolute Gasteiger partial charge is 0.0786 e. The van der Waals surface area contributed by atoms with Crippen LogP contribution in [0.1, 0.15) is 55.7 Å². The number of aromatic nitrogens is 1. The maximum atomic E-state index is 9.63. The molecule has 31 heavy (non-hydrogen) atoms. The zero-order chi connectivity index (χ0) is 21.6. The van der Waals surface area contributed by atoms with Crippen LogP contribution in [0, 0.1) is 6.92 Å². The molecule has 1 fully saturated rings. The monoisotopic (exact) mass is 419 g/mol. The third-order valence-corrected chi connectivity index (χ3v) is 6.69. The fourth-order valence-corrected chi connectivity index (χ4v) is 4.95. The highest BCUT2D eigenvalue weighted by Gasteiger charge is 2.19. The van der Waals surface area contributed by atoms with Gasteiger partial charge in [0.15, 0.2) is 0 Å². The van der Waals surface area contributed by atoms with Crippen molar-refractivity contribution in [3.63, 3.8) is 0 Å². The molecule has 0 radical (unpaired) electrons. The molecule has 1 saturated carbocycles. The summed E-state index contributed by atoms with van der Waals surface area (Å²) in [5, 5.41) is 14.4. The zero-order valence-electron chi connectivity index (χ0n) is 18.8. The average molecular weight is 420 g/mol. The zero-order valence-corrected chi connectivity index (χ0v) is 18.8. The average Bonchev–Trinajstić information content (AvgIpc) is 3.17. The van der Waals surface area contributed by atoms with Gasteiger partial charge in [-0.2, -0.15) is 0 Å². The molecule has 1 aromatic heterocycles. The third kappa shape index (κ3) is 5.38. The van der Waals surface area contributed by atoms with Gasteiger partial charge in [-0.25, -0.2) is 0 Å². The lowest BCUT2D eigenvalue weighted by atomic mass is 9.95. The Morgan fingerprint density at radius 3 is 2.68 bits per heavy atom. The van der Waals surface area contributed by atoms with E-state index in [9.17, 15) is 5.11 Å². The van der Waals surface area contributed by atoms with E-state index in [1.54, 1.807) is 0 Å². The summed E-state index contributed by atoms with van der Waals surface area (Å²) >= 11 is 0. The van der Waals surface area contributed by atoms with Crippen LogP contribution in [0.4, 0.5) is 0 Å². The molecule has 1 atom stereocenters. The van der Waals surface area contributed by atoms with Crippen LogP contribution in [0.15, 0.2) is 48.7 Å². The number of aryl methyl sites for hydroxylation is 2. The topological polar surface area (TPSA) is 63.2 Å². The summed E-state index contributed by atoms with van der Waals surface area (Å²) in [5.41, 5.74) is 12.2. The van der Waals surface area contributed by atoms with E-state index in [0.29, 0.717) is 19.1 Å². The van der Waals surface area contributed by atoms with Gasteiger partial charge < -0.3 is 20.7 Å². The van der Waals surface area contributed by atoms with E-state index in [0.717, 1.165) is 19.4 Å². The van der Waals surface area contributed by atoms with Crippen molar-refractivity contribution in [1.29, 1.82) is 0 Å². The van der Waals surface area contributed by atoms with Crippen molar-refractivity contribution in [2.75, 3.05) is 19.6 Å². The minimum absolute atomic E-state index is 0.309. The summed E-state index contributed by atoms with van der Waals surface area (Å²) in [4.78, 5) is 0. The van der Waals surface area contributed by atoms with Crippen molar-refractivity contribution in [2.24, 2.45) is 5.73 Å². The van der Waals surface area contributed by atoms with E-state index >= 15 is 0 Å². The van der Waals surface area contributed by atoms with Gasteiger partial charge >= 0.3 is 0 Å². The number of rotatable bonds is 9. The van der Waals surface area contributed by atoms with E-state index in [1.165, 1.54) is 65.3 Å². The predicted octanol–water partition coefficient (Wildman–Crippen LogP) is 4.96. The van der Waals surface area contributed by atoms with E-state index in [1.807, 2.05) is 0 Å². The van der Waals surface area contributed by atoms with Crippen LogP contribution < -0.4 is 11.1 Å². The number of aliphatic hydroxyl groups is 1. The molecule has 4 nitrogen and oxygen atoms in total. The Bertz CT molecular complexity index is 987. The number of fused-ring (bicyclic) bond motifs is 1. The molecule has 1 heterocycles. The van der Waals surface area contributed by atoms with Gasteiger partial charge in [0.1, 0.15) is 0 Å². The summed E-state index contributed by atoms with van der Waals surface area (Å²) in [6.07, 6.45) is 10.7.